The van der Waals surface area contributed by atoms with Gasteiger partial charge in [0.2, 0.25) is 0 Å². The molecule has 5 nitrogen and oxygen atoms in total. The van der Waals surface area contributed by atoms with Crippen LogP contribution >= 0.6 is 15.9 Å². The summed E-state index contributed by atoms with van der Waals surface area (Å²) in [7, 11) is 1.79. The summed E-state index contributed by atoms with van der Waals surface area (Å²) in [4.78, 5) is 3.99. The quantitative estimate of drug-likeness (QED) is 0.944. The van der Waals surface area contributed by atoms with E-state index in [9.17, 15) is 0 Å². The van der Waals surface area contributed by atoms with Crippen molar-refractivity contribution in [1.29, 1.82) is 0 Å². The molecule has 17 heavy (non-hydrogen) atoms. The second-order valence-electron chi connectivity index (χ2n) is 3.77. The third-order valence-electron chi connectivity index (χ3n) is 2.25. The van der Waals surface area contributed by atoms with Crippen LogP contribution in [-0.4, -0.2) is 14.8 Å². The van der Waals surface area contributed by atoms with Gasteiger partial charge >= 0.3 is 6.01 Å². The van der Waals surface area contributed by atoms with Gasteiger partial charge in [0, 0.05) is 17.6 Å². The Morgan fingerprint density at radius 1 is 1.47 bits per heavy atom. The van der Waals surface area contributed by atoms with Gasteiger partial charge in [-0.15, -0.1) is 5.10 Å². The average molecular weight is 297 g/mol. The first-order valence-corrected chi connectivity index (χ1v) is 5.94. The summed E-state index contributed by atoms with van der Waals surface area (Å²) < 4.78 is 8.00. The average Bonchev–Trinajstić information content (AvgIpc) is 2.63. The van der Waals surface area contributed by atoms with E-state index in [1.807, 2.05) is 25.1 Å². The summed E-state index contributed by atoms with van der Waals surface area (Å²) in [5, 5.41) is 4.04. The van der Waals surface area contributed by atoms with Crippen molar-refractivity contribution in [2.45, 2.75) is 13.0 Å². The van der Waals surface area contributed by atoms with Crippen LogP contribution in [0, 0.1) is 0 Å². The smallest absolute Gasteiger partial charge is 0.340 e. The summed E-state index contributed by atoms with van der Waals surface area (Å²) in [5.41, 5.74) is 6.86. The first kappa shape index (κ1) is 12.1. The molecule has 0 bridgehead atoms. The molecule has 0 saturated carbocycles. The Kier molecular flexibility index (Phi) is 3.44. The van der Waals surface area contributed by atoms with Gasteiger partial charge in [0.05, 0.1) is 0 Å². The molecule has 1 atom stereocenters. The van der Waals surface area contributed by atoms with Crippen LogP contribution in [0.2, 0.25) is 0 Å². The van der Waals surface area contributed by atoms with Crippen LogP contribution in [0.1, 0.15) is 18.5 Å². The lowest BCUT2D eigenvalue weighted by Crippen LogP contribution is -2.05. The van der Waals surface area contributed by atoms with E-state index in [4.69, 9.17) is 10.5 Å². The minimum Gasteiger partial charge on any atom is -0.423 e. The Morgan fingerprint density at radius 2 is 2.24 bits per heavy atom. The maximum Gasteiger partial charge on any atom is 0.340 e. The third-order valence-corrected chi connectivity index (χ3v) is 2.94. The monoisotopic (exact) mass is 296 g/mol. The highest BCUT2D eigenvalue weighted by atomic mass is 79.9. The van der Waals surface area contributed by atoms with Gasteiger partial charge in [-0.05, 0) is 24.6 Å². The maximum atomic E-state index is 5.82. The molecule has 2 aromatic rings. The molecule has 0 amide bonds. The van der Waals surface area contributed by atoms with Crippen molar-refractivity contribution in [2.75, 3.05) is 0 Å². The summed E-state index contributed by atoms with van der Waals surface area (Å²) in [6.45, 7) is 1.93. The van der Waals surface area contributed by atoms with Gasteiger partial charge in [-0.3, -0.25) is 4.68 Å². The molecular formula is C11H13BrN4O. The summed E-state index contributed by atoms with van der Waals surface area (Å²) in [6.07, 6.45) is 1.58. The highest BCUT2D eigenvalue weighted by Crippen LogP contribution is 2.28. The van der Waals surface area contributed by atoms with Crippen LogP contribution in [-0.2, 0) is 7.05 Å². The van der Waals surface area contributed by atoms with Crippen molar-refractivity contribution in [3.05, 3.63) is 34.6 Å². The molecule has 1 heterocycles. The molecule has 0 aliphatic rings. The molecule has 2 N–H and O–H groups in total. The molecular weight excluding hydrogens is 284 g/mol. The third kappa shape index (κ3) is 2.83. The highest BCUT2D eigenvalue weighted by Gasteiger charge is 2.08. The number of hydrogen-bond acceptors (Lipinski definition) is 4. The van der Waals surface area contributed by atoms with E-state index in [1.165, 1.54) is 0 Å². The molecule has 0 spiro atoms. The van der Waals surface area contributed by atoms with E-state index < -0.39 is 0 Å². The van der Waals surface area contributed by atoms with Crippen molar-refractivity contribution in [3.8, 4) is 11.8 Å². The molecule has 1 aromatic carbocycles. The molecule has 90 valence electrons. The van der Waals surface area contributed by atoms with Gasteiger partial charge < -0.3 is 10.5 Å². The van der Waals surface area contributed by atoms with Crippen molar-refractivity contribution < 1.29 is 4.74 Å². The minimum absolute atomic E-state index is 0.0219. The fourth-order valence-electron chi connectivity index (χ4n) is 1.41. The lowest BCUT2D eigenvalue weighted by Gasteiger charge is -2.09. The minimum atomic E-state index is -0.0219. The summed E-state index contributed by atoms with van der Waals surface area (Å²) in [5.74, 6) is 0.674. The number of halogens is 1. The maximum absolute atomic E-state index is 5.82. The van der Waals surface area contributed by atoms with Gasteiger partial charge in [0.25, 0.3) is 0 Å². The van der Waals surface area contributed by atoms with Crippen molar-refractivity contribution in [2.24, 2.45) is 12.8 Å². The molecule has 6 heteroatoms. The summed E-state index contributed by atoms with van der Waals surface area (Å²) >= 11 is 3.46. The van der Waals surface area contributed by atoms with E-state index in [0.717, 1.165) is 10.0 Å². The predicted molar refractivity (Wildman–Crippen MR) is 67.8 cm³/mol. The number of nitrogens with zero attached hydrogens (tertiary/aromatic N) is 3. The molecule has 0 radical (unpaired) electrons. The molecule has 0 unspecified atom stereocenters. The Hall–Kier alpha value is -1.40. The summed E-state index contributed by atoms with van der Waals surface area (Å²) in [6, 6.07) is 5.93. The van der Waals surface area contributed by atoms with Gasteiger partial charge in [0.15, 0.2) is 0 Å². The Balaban J connectivity index is 2.20. The lowest BCUT2D eigenvalue weighted by molar-refractivity contribution is 0.438. The number of benzene rings is 1. The van der Waals surface area contributed by atoms with Crippen LogP contribution in [0.5, 0.6) is 11.8 Å². The van der Waals surface area contributed by atoms with E-state index >= 15 is 0 Å². The van der Waals surface area contributed by atoms with Crippen LogP contribution < -0.4 is 10.5 Å². The van der Waals surface area contributed by atoms with Crippen LogP contribution in [0.3, 0.4) is 0 Å². The molecule has 2 rings (SSSR count). The molecule has 0 fully saturated rings. The van der Waals surface area contributed by atoms with Gasteiger partial charge in [-0.2, -0.15) is 4.98 Å². The predicted octanol–water partition coefficient (Wildman–Crippen LogP) is 2.39. The van der Waals surface area contributed by atoms with E-state index in [-0.39, 0.29) is 6.04 Å². The zero-order valence-electron chi connectivity index (χ0n) is 9.59. The Morgan fingerprint density at radius 3 is 2.76 bits per heavy atom. The first-order chi connectivity index (χ1) is 8.06. The fourth-order valence-corrected chi connectivity index (χ4v) is 2.13. The van der Waals surface area contributed by atoms with Crippen molar-refractivity contribution in [1.82, 2.24) is 14.8 Å². The van der Waals surface area contributed by atoms with Gasteiger partial charge in [-0.25, -0.2) is 0 Å². The molecule has 1 aromatic heterocycles. The van der Waals surface area contributed by atoms with Crippen molar-refractivity contribution >= 4 is 15.9 Å². The number of nitrogens with two attached hydrogens (primary N) is 1. The highest BCUT2D eigenvalue weighted by molar-refractivity contribution is 9.10. The first-order valence-electron chi connectivity index (χ1n) is 5.15. The number of rotatable bonds is 3. The normalized spacial score (nSPS) is 12.5. The van der Waals surface area contributed by atoms with E-state index in [0.29, 0.717) is 11.8 Å². The number of hydrogen-bond donors (Lipinski definition) is 1. The topological polar surface area (TPSA) is 66.0 Å². The second-order valence-corrected chi connectivity index (χ2v) is 4.63. The zero-order valence-corrected chi connectivity index (χ0v) is 11.2. The Labute approximate surface area is 108 Å². The largest absolute Gasteiger partial charge is 0.423 e. The second kappa shape index (κ2) is 4.85. The van der Waals surface area contributed by atoms with Gasteiger partial charge in [0.1, 0.15) is 12.1 Å². The number of ether oxygens (including phenoxy) is 1. The molecule has 0 aliphatic heterocycles. The Bertz CT molecular complexity index is 524. The fraction of sp³-hybridized carbons (Fsp3) is 0.273. The van der Waals surface area contributed by atoms with Gasteiger partial charge in [-0.1, -0.05) is 22.0 Å². The number of aromatic nitrogens is 3. The zero-order chi connectivity index (χ0) is 12.4. The standard InChI is InChI=1S/C11H13BrN4O/c1-7(13)9-4-3-8(5-10(9)12)17-11-14-6-16(2)15-11/h3-7H,13H2,1-2H3/t7-/m1/s1. The SMILES string of the molecule is C[C@@H](N)c1ccc(Oc2ncn(C)n2)cc1Br. The van der Waals surface area contributed by atoms with Crippen LogP contribution in [0.4, 0.5) is 0 Å². The molecule has 0 aliphatic carbocycles. The number of aryl methyl sites for hydroxylation is 1. The van der Waals surface area contributed by atoms with Crippen molar-refractivity contribution in [3.63, 3.8) is 0 Å². The van der Waals surface area contributed by atoms with Crippen LogP contribution in [0.15, 0.2) is 29.0 Å². The lowest BCUT2D eigenvalue weighted by atomic mass is 10.1. The van der Waals surface area contributed by atoms with Crippen LogP contribution in [0.25, 0.3) is 0 Å². The van der Waals surface area contributed by atoms with E-state index in [1.54, 1.807) is 18.1 Å². The van der Waals surface area contributed by atoms with E-state index in [2.05, 4.69) is 26.0 Å². The molecule has 0 saturated heterocycles.